The van der Waals surface area contributed by atoms with Gasteiger partial charge in [0.05, 0.1) is 24.2 Å². The first-order valence-corrected chi connectivity index (χ1v) is 15.4. The number of carboxylic acid groups (broad SMARTS) is 1. The molecule has 1 fully saturated rings. The Kier molecular flexibility index (Phi) is 18.7. The monoisotopic (exact) mass is 667 g/mol. The van der Waals surface area contributed by atoms with Gasteiger partial charge in [-0.25, -0.2) is 9.59 Å². The normalized spacial score (nSPS) is 23.0. The summed E-state index contributed by atoms with van der Waals surface area (Å²) in [6.45, 7) is 5.19. The lowest BCUT2D eigenvalue weighted by atomic mass is 9.85. The number of nitrogens with two attached hydrogens (primary N) is 1. The van der Waals surface area contributed by atoms with Crippen molar-refractivity contribution in [1.29, 1.82) is 0 Å². The minimum absolute atomic E-state index is 0.0634. The zero-order valence-electron chi connectivity index (χ0n) is 26.3. The van der Waals surface area contributed by atoms with E-state index in [1.807, 2.05) is 6.92 Å². The summed E-state index contributed by atoms with van der Waals surface area (Å²) in [5.41, 5.74) is 5.84. The third-order valence-corrected chi connectivity index (χ3v) is 7.67. The SMILES string of the molecule is CC/C=C/[C@H](C[C@H](O)CC(=O)[C@@H](O)[C@H](O)[C@H](C)/C(Cl)=C/C=C/C=C(C)/C=C/C=C/C(=O)O[C@@H]1C[C@@H](C(=O)O)CC[C@@H]1O)OC(N)=O. The van der Waals surface area contributed by atoms with E-state index in [4.69, 9.17) is 31.9 Å². The zero-order valence-corrected chi connectivity index (χ0v) is 27.0. The molecule has 0 aliphatic heterocycles. The van der Waals surface area contributed by atoms with Crippen LogP contribution in [0.15, 0.2) is 71.4 Å². The highest BCUT2D eigenvalue weighted by Crippen LogP contribution is 2.27. The molecule has 13 heteroatoms. The van der Waals surface area contributed by atoms with E-state index in [2.05, 4.69) is 0 Å². The predicted octanol–water partition coefficient (Wildman–Crippen LogP) is 3.38. The number of Topliss-reactive ketones (excluding diaryl/α,β-unsaturated/α-hetero) is 1. The first kappa shape index (κ1) is 40.5. The number of carbonyl (C=O) groups is 4. The molecule has 8 atom stereocenters. The van der Waals surface area contributed by atoms with Gasteiger partial charge in [-0.3, -0.25) is 9.59 Å². The van der Waals surface area contributed by atoms with Crippen molar-refractivity contribution < 1.29 is 54.2 Å². The number of allylic oxidation sites excluding steroid dienone is 9. The van der Waals surface area contributed by atoms with Crippen molar-refractivity contribution >= 4 is 35.4 Å². The molecule has 0 heterocycles. The van der Waals surface area contributed by atoms with Crippen LogP contribution < -0.4 is 5.73 Å². The highest BCUT2D eigenvalue weighted by Gasteiger charge is 2.35. The highest BCUT2D eigenvalue weighted by atomic mass is 35.5. The summed E-state index contributed by atoms with van der Waals surface area (Å²) in [4.78, 5) is 46.8. The summed E-state index contributed by atoms with van der Waals surface area (Å²) in [6.07, 6.45) is 8.08. The van der Waals surface area contributed by atoms with Gasteiger partial charge in [0.25, 0.3) is 0 Å². The van der Waals surface area contributed by atoms with Crippen LogP contribution in [0, 0.1) is 11.8 Å². The predicted molar refractivity (Wildman–Crippen MR) is 171 cm³/mol. The Morgan fingerprint density at radius 3 is 2.30 bits per heavy atom. The van der Waals surface area contributed by atoms with Gasteiger partial charge in [0.1, 0.15) is 18.3 Å². The first-order valence-electron chi connectivity index (χ1n) is 15.0. The van der Waals surface area contributed by atoms with Crippen molar-refractivity contribution in [3.05, 3.63) is 71.4 Å². The van der Waals surface area contributed by atoms with E-state index in [1.165, 1.54) is 25.2 Å². The Labute approximate surface area is 274 Å². The molecule has 1 amide bonds. The second-order valence-corrected chi connectivity index (χ2v) is 11.5. The highest BCUT2D eigenvalue weighted by molar-refractivity contribution is 6.30. The number of amides is 1. The molecule has 1 aliphatic carbocycles. The number of rotatable bonds is 18. The molecule has 0 aromatic carbocycles. The molecular weight excluding hydrogens is 622 g/mol. The lowest BCUT2D eigenvalue weighted by molar-refractivity contribution is -0.159. The fourth-order valence-corrected chi connectivity index (χ4v) is 4.69. The number of ketones is 1. The van der Waals surface area contributed by atoms with Gasteiger partial charge in [0, 0.05) is 36.3 Å². The maximum absolute atomic E-state index is 12.5. The van der Waals surface area contributed by atoms with E-state index >= 15 is 0 Å². The number of aliphatic hydroxyl groups excluding tert-OH is 4. The molecule has 1 aliphatic rings. The minimum Gasteiger partial charge on any atom is -0.481 e. The van der Waals surface area contributed by atoms with Gasteiger partial charge >= 0.3 is 18.0 Å². The molecule has 0 aromatic heterocycles. The largest absolute Gasteiger partial charge is 0.481 e. The van der Waals surface area contributed by atoms with E-state index in [9.17, 15) is 39.6 Å². The summed E-state index contributed by atoms with van der Waals surface area (Å²) in [5, 5.41) is 50.5. The summed E-state index contributed by atoms with van der Waals surface area (Å²) < 4.78 is 10.1. The van der Waals surface area contributed by atoms with Crippen LogP contribution in [0.25, 0.3) is 0 Å². The number of primary amides is 1. The number of ether oxygens (including phenoxy) is 2. The van der Waals surface area contributed by atoms with Crippen molar-refractivity contribution in [2.24, 2.45) is 17.6 Å². The lowest BCUT2D eigenvalue weighted by Crippen LogP contribution is -2.40. The van der Waals surface area contributed by atoms with E-state index < -0.39 is 78.7 Å². The lowest BCUT2D eigenvalue weighted by Gasteiger charge is -2.30. The van der Waals surface area contributed by atoms with Crippen molar-refractivity contribution in [1.82, 2.24) is 0 Å². The maximum atomic E-state index is 12.5. The third kappa shape index (κ3) is 15.6. The van der Waals surface area contributed by atoms with Crippen LogP contribution in [0.4, 0.5) is 4.79 Å². The molecule has 0 radical (unpaired) electrons. The van der Waals surface area contributed by atoms with E-state index in [1.54, 1.807) is 49.5 Å². The van der Waals surface area contributed by atoms with Crippen LogP contribution in [0.1, 0.15) is 59.3 Å². The van der Waals surface area contributed by atoms with Crippen molar-refractivity contribution in [2.45, 2.75) is 95.9 Å². The molecular formula is C33H46ClNO11. The van der Waals surface area contributed by atoms with Gasteiger partial charge < -0.3 is 40.7 Å². The molecule has 1 rings (SSSR count). The molecule has 7 N–H and O–H groups in total. The number of halogens is 1. The smallest absolute Gasteiger partial charge is 0.405 e. The Morgan fingerprint density at radius 1 is 1.02 bits per heavy atom. The van der Waals surface area contributed by atoms with Gasteiger partial charge in [-0.05, 0) is 38.3 Å². The molecule has 12 nitrogen and oxygen atoms in total. The van der Waals surface area contributed by atoms with E-state index in [0.29, 0.717) is 12.8 Å². The third-order valence-electron chi connectivity index (χ3n) is 7.20. The van der Waals surface area contributed by atoms with Gasteiger partial charge in [-0.2, -0.15) is 0 Å². The standard InChI is InChI=1S/C33H46ClNO11/c1-4-5-12-24(45-33(35)44)18-23(36)19-27(38)31(41)30(40)21(3)25(34)13-8-6-10-20(2)11-7-9-14-29(39)46-28-17-22(32(42)43)15-16-26(28)37/h5-14,21-24,26,28,30-31,36-37,40-41H,4,15-19H2,1-3H3,(H2,35,44)(H,42,43)/b8-6+,11-7+,12-5+,14-9+,20-10+,25-13-/t21-,22+,23+,24-,26+,28-,30-,31-/m1/s1. The van der Waals surface area contributed by atoms with Crippen LogP contribution in [0.3, 0.4) is 0 Å². The number of carboxylic acids is 1. The number of hydrogen-bond acceptors (Lipinski definition) is 10. The first-order chi connectivity index (χ1) is 21.7. The van der Waals surface area contributed by atoms with Gasteiger partial charge in [0.15, 0.2) is 5.78 Å². The summed E-state index contributed by atoms with van der Waals surface area (Å²) in [5.74, 6) is -3.96. The molecule has 256 valence electrons. The Bertz CT molecular complexity index is 1210. The number of esters is 1. The number of carbonyl (C=O) groups excluding carboxylic acids is 3. The average Bonchev–Trinajstić information content (AvgIpc) is 2.99. The zero-order chi connectivity index (χ0) is 34.8. The fraction of sp³-hybridized carbons (Fsp3) is 0.515. The number of aliphatic hydroxyl groups is 4. The molecule has 46 heavy (non-hydrogen) atoms. The molecule has 0 bridgehead atoms. The van der Waals surface area contributed by atoms with Crippen LogP contribution in [-0.4, -0.2) is 86.0 Å². The number of hydrogen-bond donors (Lipinski definition) is 6. The average molecular weight is 668 g/mol. The molecule has 0 saturated heterocycles. The maximum Gasteiger partial charge on any atom is 0.405 e. The summed E-state index contributed by atoms with van der Waals surface area (Å²) in [7, 11) is 0. The van der Waals surface area contributed by atoms with E-state index in [0.717, 1.165) is 5.57 Å². The van der Waals surface area contributed by atoms with E-state index in [-0.39, 0.29) is 24.3 Å². The van der Waals surface area contributed by atoms with Crippen molar-refractivity contribution in [2.75, 3.05) is 0 Å². The minimum atomic E-state index is -1.82. The fourth-order valence-electron chi connectivity index (χ4n) is 4.49. The molecule has 0 unspecified atom stereocenters. The quantitative estimate of drug-likeness (QED) is 0.0539. The Balaban J connectivity index is 2.61. The van der Waals surface area contributed by atoms with Crippen LogP contribution in [-0.2, 0) is 23.9 Å². The molecule has 0 spiro atoms. The van der Waals surface area contributed by atoms with Crippen molar-refractivity contribution in [3.8, 4) is 0 Å². The second-order valence-electron chi connectivity index (χ2n) is 11.1. The Morgan fingerprint density at radius 2 is 1.67 bits per heavy atom. The van der Waals surface area contributed by atoms with Gasteiger partial charge in [0.2, 0.25) is 0 Å². The topological polar surface area (TPSA) is 214 Å². The summed E-state index contributed by atoms with van der Waals surface area (Å²) >= 11 is 6.27. The van der Waals surface area contributed by atoms with Gasteiger partial charge in [-0.15, -0.1) is 0 Å². The molecule has 1 saturated carbocycles. The molecule has 0 aromatic rings. The van der Waals surface area contributed by atoms with Crippen LogP contribution >= 0.6 is 11.6 Å². The van der Waals surface area contributed by atoms with Crippen LogP contribution in [0.5, 0.6) is 0 Å². The second kappa shape index (κ2) is 21.3. The van der Waals surface area contributed by atoms with Crippen molar-refractivity contribution in [3.63, 3.8) is 0 Å². The van der Waals surface area contributed by atoms with Gasteiger partial charge in [-0.1, -0.05) is 73.6 Å². The Hall–Kier alpha value is -3.55. The summed E-state index contributed by atoms with van der Waals surface area (Å²) in [6, 6.07) is 0. The van der Waals surface area contributed by atoms with Crippen LogP contribution in [0.2, 0.25) is 0 Å². The number of aliphatic carboxylic acids is 1.